The fourth-order valence-electron chi connectivity index (χ4n) is 8.54. The largest absolute Gasteiger partial charge is 0.496 e. The van der Waals surface area contributed by atoms with Crippen LogP contribution in [0.25, 0.3) is 10.9 Å². The molecule has 55 heavy (non-hydrogen) atoms. The third kappa shape index (κ3) is 8.08. The lowest BCUT2D eigenvalue weighted by atomic mass is 9.92. The van der Waals surface area contributed by atoms with Crippen molar-refractivity contribution in [2.75, 3.05) is 26.7 Å². The van der Waals surface area contributed by atoms with E-state index < -0.39 is 68.0 Å². The van der Waals surface area contributed by atoms with E-state index in [0.717, 1.165) is 18.2 Å². The van der Waals surface area contributed by atoms with Gasteiger partial charge in [-0.1, -0.05) is 37.1 Å². The molecule has 0 bridgehead atoms. The molecule has 0 unspecified atom stereocenters. The molecule has 4 fully saturated rings. The van der Waals surface area contributed by atoms with Crippen molar-refractivity contribution in [3.8, 4) is 5.75 Å². The Morgan fingerprint density at radius 3 is 2.53 bits per heavy atom. The Bertz CT molecular complexity index is 2030. The Hall–Kier alpha value is -4.53. The van der Waals surface area contributed by atoms with E-state index in [1.807, 2.05) is 30.4 Å². The number of allylic oxidation sites excluding steroid dienone is 1. The van der Waals surface area contributed by atoms with Gasteiger partial charge in [0.1, 0.15) is 28.6 Å². The quantitative estimate of drug-likeness (QED) is 0.312. The zero-order valence-electron chi connectivity index (χ0n) is 31.9. The lowest BCUT2D eigenvalue weighted by molar-refractivity contribution is -0.159. The minimum atomic E-state index is -3.91. The third-order valence-corrected chi connectivity index (χ3v) is 13.4. The van der Waals surface area contributed by atoms with E-state index in [-0.39, 0.29) is 55.9 Å². The molecule has 5 aliphatic rings. The monoisotopic (exact) mass is 777 g/mol. The van der Waals surface area contributed by atoms with Crippen LogP contribution in [0.2, 0.25) is 0 Å². The highest BCUT2D eigenvalue weighted by molar-refractivity contribution is 7.91. The van der Waals surface area contributed by atoms with E-state index in [9.17, 15) is 32.4 Å². The second-order valence-electron chi connectivity index (χ2n) is 16.8. The molecule has 3 aliphatic heterocycles. The highest BCUT2D eigenvalue weighted by Crippen LogP contribution is 2.47. The Morgan fingerprint density at radius 1 is 1.04 bits per heavy atom. The molecule has 14 nitrogen and oxygen atoms in total. The number of benzene rings is 1. The zero-order valence-corrected chi connectivity index (χ0v) is 32.7. The van der Waals surface area contributed by atoms with Crippen LogP contribution in [-0.4, -0.2) is 102 Å². The Balaban J connectivity index is 1.20. The number of carbonyl (C=O) groups excluding carboxylic acids is 5. The number of methoxy groups -OCH3 is 1. The van der Waals surface area contributed by atoms with Gasteiger partial charge < -0.3 is 24.6 Å². The first-order valence-corrected chi connectivity index (χ1v) is 20.9. The molecule has 4 heterocycles. The van der Waals surface area contributed by atoms with E-state index in [0.29, 0.717) is 43.4 Å². The number of amides is 4. The second kappa shape index (κ2) is 14.8. The van der Waals surface area contributed by atoms with Gasteiger partial charge in [-0.2, -0.15) is 0 Å². The van der Waals surface area contributed by atoms with Crippen molar-refractivity contribution in [1.82, 2.24) is 24.8 Å². The average Bonchev–Trinajstić information content (AvgIpc) is 4.03. The Kier molecular flexibility index (Phi) is 10.5. The number of nitrogens with zero attached hydrogens (tertiary/aromatic N) is 3. The lowest BCUT2D eigenvalue weighted by Gasteiger charge is -2.33. The Morgan fingerprint density at radius 2 is 1.80 bits per heavy atom. The molecule has 0 radical (unpaired) electrons. The molecular formula is C40H51N5O9S. The van der Waals surface area contributed by atoms with Crippen molar-refractivity contribution in [3.63, 3.8) is 0 Å². The molecule has 0 spiro atoms. The van der Waals surface area contributed by atoms with E-state index in [2.05, 4.69) is 15.0 Å². The fourth-order valence-corrected chi connectivity index (χ4v) is 9.90. The lowest BCUT2D eigenvalue weighted by Crippen LogP contribution is -2.58. The summed E-state index contributed by atoms with van der Waals surface area (Å²) in [6, 6.07) is 7.86. The maximum atomic E-state index is 14.7. The van der Waals surface area contributed by atoms with Gasteiger partial charge in [0.05, 0.1) is 24.3 Å². The first-order valence-electron chi connectivity index (χ1n) is 19.4. The van der Waals surface area contributed by atoms with Gasteiger partial charge in [0.25, 0.3) is 11.8 Å². The van der Waals surface area contributed by atoms with Crippen molar-refractivity contribution in [2.24, 2.45) is 23.7 Å². The van der Waals surface area contributed by atoms with Gasteiger partial charge in [-0.15, -0.1) is 0 Å². The van der Waals surface area contributed by atoms with Gasteiger partial charge >= 0.3 is 5.97 Å². The summed E-state index contributed by atoms with van der Waals surface area (Å²) in [5.41, 5.74) is -1.48. The molecule has 2 saturated heterocycles. The number of rotatable bonds is 7. The van der Waals surface area contributed by atoms with Gasteiger partial charge in [0.15, 0.2) is 0 Å². The minimum Gasteiger partial charge on any atom is -0.496 e. The summed E-state index contributed by atoms with van der Waals surface area (Å²) in [6.45, 7) is 5.84. The maximum Gasteiger partial charge on any atom is 0.307 e. The number of ether oxygens (including phenoxy) is 2. The highest BCUT2D eigenvalue weighted by atomic mass is 32.2. The molecule has 4 amide bonds. The van der Waals surface area contributed by atoms with Crippen LogP contribution in [0.15, 0.2) is 42.5 Å². The minimum absolute atomic E-state index is 0.136. The van der Waals surface area contributed by atoms with Crippen molar-refractivity contribution < 1.29 is 41.9 Å². The zero-order chi connectivity index (χ0) is 39.3. The molecule has 2 N–H and O–H groups in total. The maximum absolute atomic E-state index is 14.7. The summed E-state index contributed by atoms with van der Waals surface area (Å²) < 4.78 is 39.2. The van der Waals surface area contributed by atoms with Crippen LogP contribution in [0, 0.1) is 23.7 Å². The number of aromatic nitrogens is 1. The number of esters is 1. The number of carbonyl (C=O) groups is 5. The number of hydrogen-bond donors (Lipinski definition) is 2. The highest BCUT2D eigenvalue weighted by Gasteiger charge is 2.63. The van der Waals surface area contributed by atoms with Crippen molar-refractivity contribution >= 4 is 50.5 Å². The van der Waals surface area contributed by atoms with Crippen LogP contribution in [0.1, 0.15) is 89.0 Å². The van der Waals surface area contributed by atoms with Gasteiger partial charge in [-0.05, 0) is 71.4 Å². The fraction of sp³-hybridized carbons (Fsp3) is 0.600. The topological polar surface area (TPSA) is 181 Å². The summed E-state index contributed by atoms with van der Waals surface area (Å²) in [5, 5.41) is 3.06. The van der Waals surface area contributed by atoms with E-state index in [1.165, 1.54) is 12.0 Å². The standard InChI is InChI=1S/C40H51N5O9S/c1-39(2,3)54-33(46)18-24-12-8-6-5-7-9-13-26-20-40(26,38(50)43-55(51,52)27-16-17-27)42-35(47)34-29-23-44(21-25(29)22-45(34)36(24)48)37(49)31-19-32(53-4)28-14-10-11-15-30(28)41-31/h9-11,13-15,19,24-27,29,34H,5-8,12,16-18,20-23H2,1-4H3,(H,42,47)(H,43,50)/b13-9-/t24-,25-,26+,29-,34-,40+/m0/s1. The van der Waals surface area contributed by atoms with Gasteiger partial charge in [-0.25, -0.2) is 13.4 Å². The summed E-state index contributed by atoms with van der Waals surface area (Å²) in [7, 11) is -2.38. The average molecular weight is 778 g/mol. The third-order valence-electron chi connectivity index (χ3n) is 11.6. The summed E-state index contributed by atoms with van der Waals surface area (Å²) >= 11 is 0. The number of hydrogen-bond acceptors (Lipinski definition) is 10. The molecule has 2 aliphatic carbocycles. The number of likely N-dealkylation sites (tertiary alicyclic amines) is 1. The molecule has 2 saturated carbocycles. The van der Waals surface area contributed by atoms with Crippen molar-refractivity contribution in [2.45, 2.75) is 101 Å². The predicted molar refractivity (Wildman–Crippen MR) is 202 cm³/mol. The predicted octanol–water partition coefficient (Wildman–Crippen LogP) is 3.49. The van der Waals surface area contributed by atoms with Crippen molar-refractivity contribution in [1.29, 1.82) is 0 Å². The van der Waals surface area contributed by atoms with Gasteiger partial charge in [0.2, 0.25) is 21.8 Å². The SMILES string of the molecule is COc1cc(C(=O)N2C[C@H]3CN4C(=O)[C@H](CC(=O)OC(C)(C)C)CCCCC/C=C\[C@@H]5C[C@@]5(C(=O)NS(=O)(=O)C5CC5)NC(=O)[C@@H]4[C@H]3C2)nc2ccccc12. The van der Waals surface area contributed by atoms with E-state index >= 15 is 0 Å². The molecule has 2 aromatic rings. The van der Waals surface area contributed by atoms with E-state index in [1.54, 1.807) is 37.8 Å². The number of sulfonamides is 1. The van der Waals surface area contributed by atoms with Crippen LogP contribution in [0.3, 0.4) is 0 Å². The second-order valence-corrected chi connectivity index (χ2v) is 18.8. The molecular weight excluding hydrogens is 727 g/mol. The van der Waals surface area contributed by atoms with Crippen LogP contribution in [0.5, 0.6) is 5.75 Å². The summed E-state index contributed by atoms with van der Waals surface area (Å²) in [5.74, 6) is -4.06. The van der Waals surface area contributed by atoms with Gasteiger partial charge in [-0.3, -0.25) is 28.7 Å². The van der Waals surface area contributed by atoms with Crippen LogP contribution >= 0.6 is 0 Å². The van der Waals surface area contributed by atoms with Crippen LogP contribution in [0.4, 0.5) is 0 Å². The summed E-state index contributed by atoms with van der Waals surface area (Å²) in [6.07, 6.45) is 8.25. The number of pyridine rings is 1. The smallest absolute Gasteiger partial charge is 0.307 e. The normalized spacial score (nSPS) is 29.2. The number of fused-ring (bicyclic) bond motifs is 5. The van der Waals surface area contributed by atoms with Crippen molar-refractivity contribution in [3.05, 3.63) is 48.2 Å². The number of nitrogens with one attached hydrogen (secondary N) is 2. The molecule has 15 heteroatoms. The summed E-state index contributed by atoms with van der Waals surface area (Å²) in [4.78, 5) is 78.1. The first-order chi connectivity index (χ1) is 26.1. The van der Waals surface area contributed by atoms with E-state index in [4.69, 9.17) is 9.47 Å². The van der Waals surface area contributed by atoms with Crippen LogP contribution in [-0.2, 0) is 33.9 Å². The molecule has 6 atom stereocenters. The van der Waals surface area contributed by atoms with Gasteiger partial charge in [0, 0.05) is 54.8 Å². The first kappa shape index (κ1) is 38.7. The molecule has 1 aromatic heterocycles. The Labute approximate surface area is 321 Å². The molecule has 7 rings (SSSR count). The number of para-hydroxylation sites is 1. The molecule has 1 aromatic carbocycles. The molecule has 296 valence electrons. The van der Waals surface area contributed by atoms with Crippen LogP contribution < -0.4 is 14.8 Å².